The van der Waals surface area contributed by atoms with Crippen LogP contribution in [-0.4, -0.2) is 28.9 Å². The highest BCUT2D eigenvalue weighted by atomic mass is 79.9. The molecule has 0 unspecified atom stereocenters. The quantitative estimate of drug-likeness (QED) is 0.743. The average Bonchev–Trinajstić information content (AvgIpc) is 2.64. The highest BCUT2D eigenvalue weighted by Gasteiger charge is 2.32. The van der Waals surface area contributed by atoms with Crippen LogP contribution in [0.5, 0.6) is 0 Å². The highest BCUT2D eigenvalue weighted by molar-refractivity contribution is 9.10. The van der Waals surface area contributed by atoms with Gasteiger partial charge in [0.15, 0.2) is 0 Å². The molecule has 1 aromatic carbocycles. The molecule has 0 heterocycles. The maximum Gasteiger partial charge on any atom is 0.324 e. The predicted octanol–water partition coefficient (Wildman–Crippen LogP) is 5.27. The smallest absolute Gasteiger partial charge is 0.324 e. The Morgan fingerprint density at radius 3 is 2.04 bits per heavy atom. The molecule has 2 aliphatic carbocycles. The molecule has 25 heavy (non-hydrogen) atoms. The lowest BCUT2D eigenvalue weighted by Gasteiger charge is -2.34. The number of amides is 3. The van der Waals surface area contributed by atoms with Gasteiger partial charge in [0.05, 0.1) is 0 Å². The fourth-order valence-corrected chi connectivity index (χ4v) is 4.25. The zero-order chi connectivity index (χ0) is 17.6. The van der Waals surface area contributed by atoms with E-state index in [4.69, 9.17) is 0 Å². The summed E-state index contributed by atoms with van der Waals surface area (Å²) < 4.78 is 0.930. The van der Waals surface area contributed by atoms with Crippen LogP contribution in [-0.2, 0) is 0 Å². The van der Waals surface area contributed by atoms with Gasteiger partial charge < -0.3 is 5.32 Å². The van der Waals surface area contributed by atoms with Crippen molar-refractivity contribution in [1.29, 1.82) is 0 Å². The second kappa shape index (κ2) is 8.84. The molecule has 3 amide bonds. The number of nitrogens with one attached hydrogen (secondary N) is 1. The SMILES string of the molecule is O=C(NC1CCCCC1)N(C(=O)c1ccc(Br)cc1)C1CCCCC1. The summed E-state index contributed by atoms with van der Waals surface area (Å²) in [5, 5.41) is 3.14. The lowest BCUT2D eigenvalue weighted by Crippen LogP contribution is -2.52. The van der Waals surface area contributed by atoms with Crippen LogP contribution in [0.2, 0.25) is 0 Å². The summed E-state index contributed by atoms with van der Waals surface area (Å²) in [5.74, 6) is -0.173. The van der Waals surface area contributed by atoms with Crippen molar-refractivity contribution >= 4 is 27.9 Å². The van der Waals surface area contributed by atoms with Gasteiger partial charge in [0.1, 0.15) is 0 Å². The third-order valence-electron chi connectivity index (χ3n) is 5.40. The minimum absolute atomic E-state index is 0.0217. The number of carbonyl (C=O) groups is 2. The van der Waals surface area contributed by atoms with Gasteiger partial charge in [0, 0.05) is 22.1 Å². The van der Waals surface area contributed by atoms with Crippen molar-refractivity contribution < 1.29 is 9.59 Å². The van der Waals surface area contributed by atoms with Crippen LogP contribution in [0.3, 0.4) is 0 Å². The van der Waals surface area contributed by atoms with Gasteiger partial charge in [-0.3, -0.25) is 9.69 Å². The third-order valence-corrected chi connectivity index (χ3v) is 5.93. The van der Waals surface area contributed by atoms with E-state index in [0.29, 0.717) is 5.56 Å². The standard InChI is InChI=1S/C20H27BrN2O2/c21-16-13-11-15(12-14-16)19(24)23(18-9-5-2-6-10-18)20(25)22-17-7-3-1-4-8-17/h11-14,17-18H,1-10H2,(H,22,25). The maximum atomic E-state index is 13.1. The number of hydrogen-bond acceptors (Lipinski definition) is 2. The number of hydrogen-bond donors (Lipinski definition) is 1. The highest BCUT2D eigenvalue weighted by Crippen LogP contribution is 2.25. The Kier molecular flexibility index (Phi) is 6.51. The first-order valence-electron chi connectivity index (χ1n) is 9.55. The summed E-state index contributed by atoms with van der Waals surface area (Å²) >= 11 is 3.40. The van der Waals surface area contributed by atoms with Crippen LogP contribution < -0.4 is 5.32 Å². The first kappa shape index (κ1) is 18.4. The average molecular weight is 407 g/mol. The fraction of sp³-hybridized carbons (Fsp3) is 0.600. The van der Waals surface area contributed by atoms with Crippen molar-refractivity contribution in [1.82, 2.24) is 10.2 Å². The Hall–Kier alpha value is -1.36. The van der Waals surface area contributed by atoms with E-state index in [0.717, 1.165) is 55.8 Å². The Bertz CT molecular complexity index is 590. The van der Waals surface area contributed by atoms with Gasteiger partial charge in [-0.05, 0) is 49.9 Å². The minimum Gasteiger partial charge on any atom is -0.335 e. The Balaban J connectivity index is 1.77. The molecule has 0 bridgehead atoms. The van der Waals surface area contributed by atoms with Crippen molar-refractivity contribution in [2.24, 2.45) is 0 Å². The van der Waals surface area contributed by atoms with E-state index in [-0.39, 0.29) is 24.0 Å². The summed E-state index contributed by atoms with van der Waals surface area (Å²) in [6.45, 7) is 0. The van der Waals surface area contributed by atoms with E-state index in [2.05, 4.69) is 21.2 Å². The van der Waals surface area contributed by atoms with Crippen molar-refractivity contribution in [2.45, 2.75) is 76.3 Å². The number of imide groups is 1. The zero-order valence-corrected chi connectivity index (χ0v) is 16.3. The molecule has 0 spiro atoms. The summed E-state index contributed by atoms with van der Waals surface area (Å²) in [5.41, 5.74) is 0.576. The first-order chi connectivity index (χ1) is 12.1. The summed E-state index contributed by atoms with van der Waals surface area (Å²) in [6.07, 6.45) is 10.8. The molecule has 0 atom stereocenters. The largest absolute Gasteiger partial charge is 0.335 e. The Morgan fingerprint density at radius 2 is 1.44 bits per heavy atom. The zero-order valence-electron chi connectivity index (χ0n) is 14.7. The van der Waals surface area contributed by atoms with E-state index in [1.54, 1.807) is 12.1 Å². The lowest BCUT2D eigenvalue weighted by atomic mass is 9.93. The van der Waals surface area contributed by atoms with Gasteiger partial charge in [0.25, 0.3) is 5.91 Å². The van der Waals surface area contributed by atoms with Crippen LogP contribution in [0.25, 0.3) is 0 Å². The fourth-order valence-electron chi connectivity index (χ4n) is 3.99. The number of nitrogens with zero attached hydrogens (tertiary/aromatic N) is 1. The van der Waals surface area contributed by atoms with Gasteiger partial charge in [-0.2, -0.15) is 0 Å². The van der Waals surface area contributed by atoms with E-state index in [1.165, 1.54) is 17.7 Å². The second-order valence-electron chi connectivity index (χ2n) is 7.26. The molecule has 3 rings (SSSR count). The van der Waals surface area contributed by atoms with Crippen LogP contribution in [0, 0.1) is 0 Å². The van der Waals surface area contributed by atoms with Gasteiger partial charge in [-0.1, -0.05) is 54.5 Å². The molecule has 1 N–H and O–H groups in total. The molecule has 0 saturated heterocycles. The molecular formula is C20H27BrN2O2. The monoisotopic (exact) mass is 406 g/mol. The third kappa shape index (κ3) is 4.84. The molecule has 1 aromatic rings. The molecule has 2 saturated carbocycles. The lowest BCUT2D eigenvalue weighted by molar-refractivity contribution is 0.0701. The van der Waals surface area contributed by atoms with Crippen LogP contribution in [0.15, 0.2) is 28.7 Å². The summed E-state index contributed by atoms with van der Waals surface area (Å²) in [4.78, 5) is 27.6. The topological polar surface area (TPSA) is 49.4 Å². The van der Waals surface area contributed by atoms with Gasteiger partial charge >= 0.3 is 6.03 Å². The van der Waals surface area contributed by atoms with Crippen LogP contribution >= 0.6 is 15.9 Å². The van der Waals surface area contributed by atoms with E-state index in [1.807, 2.05) is 12.1 Å². The molecular weight excluding hydrogens is 380 g/mol. The van der Waals surface area contributed by atoms with E-state index >= 15 is 0 Å². The van der Waals surface area contributed by atoms with Gasteiger partial charge in [-0.25, -0.2) is 4.79 Å². The number of carbonyl (C=O) groups excluding carboxylic acids is 2. The molecule has 5 heteroatoms. The number of halogens is 1. The van der Waals surface area contributed by atoms with E-state index in [9.17, 15) is 9.59 Å². The molecule has 2 aliphatic rings. The summed E-state index contributed by atoms with van der Waals surface area (Å²) in [7, 11) is 0. The Morgan fingerprint density at radius 1 is 0.880 bits per heavy atom. The van der Waals surface area contributed by atoms with Crippen molar-refractivity contribution in [2.75, 3.05) is 0 Å². The Labute approximate surface area is 158 Å². The first-order valence-corrected chi connectivity index (χ1v) is 10.3. The molecule has 0 aliphatic heterocycles. The number of rotatable bonds is 3. The second-order valence-corrected chi connectivity index (χ2v) is 8.17. The molecule has 4 nitrogen and oxygen atoms in total. The normalized spacial score (nSPS) is 19.4. The summed E-state index contributed by atoms with van der Waals surface area (Å²) in [6, 6.07) is 7.31. The number of benzene rings is 1. The van der Waals surface area contributed by atoms with Crippen LogP contribution in [0.1, 0.15) is 74.6 Å². The number of urea groups is 1. The van der Waals surface area contributed by atoms with E-state index < -0.39 is 0 Å². The molecule has 0 radical (unpaired) electrons. The minimum atomic E-state index is -0.202. The van der Waals surface area contributed by atoms with Crippen molar-refractivity contribution in [3.63, 3.8) is 0 Å². The maximum absolute atomic E-state index is 13.1. The van der Waals surface area contributed by atoms with Gasteiger partial charge in [-0.15, -0.1) is 0 Å². The molecule has 0 aromatic heterocycles. The predicted molar refractivity (Wildman–Crippen MR) is 103 cm³/mol. The van der Waals surface area contributed by atoms with Crippen molar-refractivity contribution in [3.8, 4) is 0 Å². The molecule has 2 fully saturated rings. The van der Waals surface area contributed by atoms with Gasteiger partial charge in [0.2, 0.25) is 0 Å². The molecule has 136 valence electrons. The van der Waals surface area contributed by atoms with Crippen molar-refractivity contribution in [3.05, 3.63) is 34.3 Å². The van der Waals surface area contributed by atoms with Crippen LogP contribution in [0.4, 0.5) is 4.79 Å².